The Balaban J connectivity index is 2.43. The molecule has 19 heavy (non-hydrogen) atoms. The number of carbonyl (C=O) groups is 2. The largest absolute Gasteiger partial charge is 0.481 e. The Morgan fingerprint density at radius 2 is 2.05 bits per heavy atom. The van der Waals surface area contributed by atoms with Crippen molar-refractivity contribution in [1.29, 1.82) is 0 Å². The molecule has 1 heterocycles. The summed E-state index contributed by atoms with van der Waals surface area (Å²) in [5, 5.41) is 10.3. The summed E-state index contributed by atoms with van der Waals surface area (Å²) >= 11 is 0. The lowest BCUT2D eigenvalue weighted by Crippen LogP contribution is -2.45. The zero-order chi connectivity index (χ0) is 14.5. The van der Waals surface area contributed by atoms with E-state index in [1.54, 1.807) is 6.92 Å². The Hall–Kier alpha value is -1.11. The summed E-state index contributed by atoms with van der Waals surface area (Å²) in [6.45, 7) is 1.76. The number of rotatable bonds is 6. The second kappa shape index (κ2) is 6.88. The van der Waals surface area contributed by atoms with Gasteiger partial charge in [-0.1, -0.05) is 6.42 Å². The van der Waals surface area contributed by atoms with Crippen LogP contribution in [0.15, 0.2) is 0 Å². The molecule has 6 nitrogen and oxygen atoms in total. The van der Waals surface area contributed by atoms with Crippen LogP contribution in [0.1, 0.15) is 45.4 Å². The monoisotopic (exact) mass is 291 g/mol. The number of nitrogens with one attached hydrogen (secondary N) is 1. The van der Waals surface area contributed by atoms with Crippen LogP contribution >= 0.6 is 0 Å². The number of carboxylic acids is 1. The molecule has 0 radical (unpaired) electrons. The molecule has 0 aromatic heterocycles. The van der Waals surface area contributed by atoms with Gasteiger partial charge in [0.2, 0.25) is 5.91 Å². The summed E-state index contributed by atoms with van der Waals surface area (Å²) in [7, 11) is -3.31. The normalized spacial score (nSPS) is 23.5. The zero-order valence-electron chi connectivity index (χ0n) is 11.1. The first-order valence-corrected chi connectivity index (χ1v) is 8.28. The molecule has 2 unspecified atom stereocenters. The summed E-state index contributed by atoms with van der Waals surface area (Å²) in [6, 6.07) is -0.205. The molecule has 0 saturated carbocycles. The minimum absolute atomic E-state index is 0.0575. The molecule has 2 atom stereocenters. The lowest BCUT2D eigenvalue weighted by Gasteiger charge is -2.23. The van der Waals surface area contributed by atoms with Gasteiger partial charge in [-0.25, -0.2) is 8.42 Å². The van der Waals surface area contributed by atoms with Crippen molar-refractivity contribution < 1.29 is 23.1 Å². The smallest absolute Gasteiger partial charge is 0.303 e. The van der Waals surface area contributed by atoms with Crippen molar-refractivity contribution in [2.45, 2.75) is 56.7 Å². The molecule has 1 rings (SSSR count). The van der Waals surface area contributed by atoms with Crippen LogP contribution in [-0.4, -0.2) is 42.4 Å². The van der Waals surface area contributed by atoms with Gasteiger partial charge in [-0.05, 0) is 32.6 Å². The quantitative estimate of drug-likeness (QED) is 0.750. The molecule has 0 spiro atoms. The number of hydrogen-bond acceptors (Lipinski definition) is 4. The van der Waals surface area contributed by atoms with E-state index in [0.29, 0.717) is 25.7 Å². The van der Waals surface area contributed by atoms with Crippen LogP contribution in [0, 0.1) is 0 Å². The van der Waals surface area contributed by atoms with Crippen molar-refractivity contribution in [3.8, 4) is 0 Å². The molecule has 0 aliphatic carbocycles. The van der Waals surface area contributed by atoms with Gasteiger partial charge in [0.25, 0.3) is 0 Å². The number of carbonyl (C=O) groups excluding carboxylic acids is 1. The third-order valence-electron chi connectivity index (χ3n) is 3.29. The lowest BCUT2D eigenvalue weighted by molar-refractivity contribution is -0.137. The van der Waals surface area contributed by atoms with Gasteiger partial charge in [0.1, 0.15) is 5.25 Å². The average Bonchev–Trinajstić information content (AvgIpc) is 2.27. The van der Waals surface area contributed by atoms with Gasteiger partial charge in [-0.2, -0.15) is 0 Å². The number of sulfone groups is 1. The molecule has 0 aromatic rings. The SMILES string of the molecule is CC(CCCC(=O)O)NC(=O)C1CCCCS1(=O)=O. The molecular weight excluding hydrogens is 270 g/mol. The minimum atomic E-state index is -3.31. The molecule has 0 aromatic carbocycles. The molecule has 0 bridgehead atoms. The van der Waals surface area contributed by atoms with Gasteiger partial charge < -0.3 is 10.4 Å². The topological polar surface area (TPSA) is 101 Å². The molecule has 1 fully saturated rings. The lowest BCUT2D eigenvalue weighted by atomic mass is 10.1. The first kappa shape index (κ1) is 15.9. The van der Waals surface area contributed by atoms with Crippen molar-refractivity contribution in [1.82, 2.24) is 5.32 Å². The predicted octanol–water partition coefficient (Wildman–Crippen LogP) is 0.713. The van der Waals surface area contributed by atoms with E-state index in [4.69, 9.17) is 5.11 Å². The summed E-state index contributed by atoms with van der Waals surface area (Å²) in [6.07, 6.45) is 2.82. The third-order valence-corrected chi connectivity index (χ3v) is 5.46. The van der Waals surface area contributed by atoms with E-state index >= 15 is 0 Å². The van der Waals surface area contributed by atoms with Crippen molar-refractivity contribution in [3.63, 3.8) is 0 Å². The van der Waals surface area contributed by atoms with Crippen LogP contribution in [0.4, 0.5) is 0 Å². The van der Waals surface area contributed by atoms with Crippen LogP contribution in [0.3, 0.4) is 0 Å². The highest BCUT2D eigenvalue weighted by atomic mass is 32.2. The fraction of sp³-hybridized carbons (Fsp3) is 0.833. The highest BCUT2D eigenvalue weighted by Gasteiger charge is 2.35. The molecule has 1 aliphatic rings. The standard InChI is InChI=1S/C12H21NO5S/c1-9(5-4-7-11(14)15)13-12(16)10-6-2-3-8-19(10,17)18/h9-10H,2-8H2,1H3,(H,13,16)(H,14,15). The average molecular weight is 291 g/mol. The van der Waals surface area contributed by atoms with E-state index in [1.807, 2.05) is 0 Å². The van der Waals surface area contributed by atoms with Crippen molar-refractivity contribution in [2.75, 3.05) is 5.75 Å². The first-order valence-electron chi connectivity index (χ1n) is 6.56. The summed E-state index contributed by atoms with van der Waals surface area (Å²) in [4.78, 5) is 22.3. The van der Waals surface area contributed by atoms with E-state index in [-0.39, 0.29) is 18.2 Å². The van der Waals surface area contributed by atoms with Gasteiger partial charge in [0.05, 0.1) is 5.75 Å². The van der Waals surface area contributed by atoms with Gasteiger partial charge in [0.15, 0.2) is 9.84 Å². The van der Waals surface area contributed by atoms with Crippen LogP contribution in [-0.2, 0) is 19.4 Å². The van der Waals surface area contributed by atoms with Gasteiger partial charge in [-0.15, -0.1) is 0 Å². The first-order chi connectivity index (χ1) is 8.83. The third kappa shape index (κ3) is 5.18. The highest BCUT2D eigenvalue weighted by Crippen LogP contribution is 2.19. The van der Waals surface area contributed by atoms with Gasteiger partial charge in [-0.3, -0.25) is 9.59 Å². The predicted molar refractivity (Wildman–Crippen MR) is 70.5 cm³/mol. The summed E-state index contributed by atoms with van der Waals surface area (Å²) in [5.74, 6) is -1.23. The summed E-state index contributed by atoms with van der Waals surface area (Å²) in [5.41, 5.74) is 0. The summed E-state index contributed by atoms with van der Waals surface area (Å²) < 4.78 is 23.5. The van der Waals surface area contributed by atoms with Crippen molar-refractivity contribution >= 4 is 21.7 Å². The van der Waals surface area contributed by atoms with E-state index in [9.17, 15) is 18.0 Å². The second-order valence-corrected chi connectivity index (χ2v) is 7.35. The van der Waals surface area contributed by atoms with E-state index in [2.05, 4.69) is 5.32 Å². The number of hydrogen-bond donors (Lipinski definition) is 2. The van der Waals surface area contributed by atoms with Gasteiger partial charge >= 0.3 is 5.97 Å². The molecule has 2 N–H and O–H groups in total. The maximum atomic E-state index is 11.9. The molecular formula is C12H21NO5S. The Morgan fingerprint density at radius 1 is 1.37 bits per heavy atom. The Bertz CT molecular complexity index is 431. The van der Waals surface area contributed by atoms with Crippen LogP contribution in [0.25, 0.3) is 0 Å². The molecule has 1 aliphatic heterocycles. The van der Waals surface area contributed by atoms with E-state index < -0.39 is 27.0 Å². The fourth-order valence-corrected chi connectivity index (χ4v) is 4.03. The minimum Gasteiger partial charge on any atom is -0.481 e. The maximum absolute atomic E-state index is 11.9. The number of amides is 1. The molecule has 1 amide bonds. The Morgan fingerprint density at radius 3 is 2.63 bits per heavy atom. The van der Waals surface area contributed by atoms with E-state index in [0.717, 1.165) is 6.42 Å². The highest BCUT2D eigenvalue weighted by molar-refractivity contribution is 7.92. The van der Waals surface area contributed by atoms with E-state index in [1.165, 1.54) is 0 Å². The number of aliphatic carboxylic acids is 1. The molecule has 110 valence electrons. The Labute approximate surface area is 113 Å². The second-order valence-electron chi connectivity index (χ2n) is 5.05. The molecule has 7 heteroatoms. The van der Waals surface area contributed by atoms with Crippen molar-refractivity contribution in [2.24, 2.45) is 0 Å². The van der Waals surface area contributed by atoms with Crippen LogP contribution < -0.4 is 5.32 Å². The van der Waals surface area contributed by atoms with Crippen LogP contribution in [0.5, 0.6) is 0 Å². The Kier molecular flexibility index (Phi) is 5.78. The maximum Gasteiger partial charge on any atom is 0.303 e. The van der Waals surface area contributed by atoms with Crippen molar-refractivity contribution in [3.05, 3.63) is 0 Å². The zero-order valence-corrected chi connectivity index (χ0v) is 11.9. The molecule has 1 saturated heterocycles. The number of carboxylic acid groups (broad SMARTS) is 1. The fourth-order valence-electron chi connectivity index (χ4n) is 2.22. The van der Waals surface area contributed by atoms with Gasteiger partial charge in [0, 0.05) is 12.5 Å². The van der Waals surface area contributed by atoms with Crippen LogP contribution in [0.2, 0.25) is 0 Å².